The largest absolute Gasteiger partial charge is 0.469 e. The molecule has 3 aromatic carbocycles. The van der Waals surface area contributed by atoms with Crippen molar-refractivity contribution in [2.75, 3.05) is 20.2 Å². The molecule has 0 aliphatic carbocycles. The minimum Gasteiger partial charge on any atom is -0.453 e. The van der Waals surface area contributed by atoms with Crippen LogP contribution in [-0.2, 0) is 42.8 Å². The van der Waals surface area contributed by atoms with Gasteiger partial charge in [-0.1, -0.05) is 133 Å². The number of phosphoric acid groups is 1. The van der Waals surface area contributed by atoms with Crippen LogP contribution in [0.1, 0.15) is 64.7 Å². The van der Waals surface area contributed by atoms with Crippen molar-refractivity contribution < 1.29 is 42.8 Å². The summed E-state index contributed by atoms with van der Waals surface area (Å²) in [6, 6.07) is 27.5. The molecule has 1 aromatic heterocycles. The number of benzene rings is 3. The highest BCUT2D eigenvalue weighted by Gasteiger charge is 2.45. The minimum atomic E-state index is -5.25. The predicted octanol–water partition coefficient (Wildman–Crippen LogP) is 6.49. The van der Waals surface area contributed by atoms with Crippen molar-refractivity contribution in [3.05, 3.63) is 126 Å². The summed E-state index contributed by atoms with van der Waals surface area (Å²) in [6.07, 6.45) is -0.453. The topological polar surface area (TPSA) is 200 Å². The molecule has 1 aliphatic heterocycles. The molecule has 2 heterocycles. The predicted molar refractivity (Wildman–Crippen MR) is 240 cm³/mol. The summed E-state index contributed by atoms with van der Waals surface area (Å²) in [5.74, 6) is -1.10. The zero-order valence-electron chi connectivity index (χ0n) is 37.1. The van der Waals surface area contributed by atoms with Crippen molar-refractivity contribution in [1.82, 2.24) is 30.7 Å². The van der Waals surface area contributed by atoms with E-state index in [2.05, 4.69) is 20.9 Å². The lowest BCUT2D eigenvalue weighted by molar-refractivity contribution is -0.130. The number of urea groups is 1. The fourth-order valence-corrected chi connectivity index (χ4v) is 8.48. The SMILES string of the molecule is COC(=O)N[C@H](C(=O)N[C@@H](Cc1ccc(-c2ccccn2)cc1)C[C@H](OP(=O)(O)O)[C@H](Cc1ccccc1)NC(=O)[C@@H](N1CCN(Cc2ccccc2)C1=O)C(C)(C)C)C(C)(C)C. The van der Waals surface area contributed by atoms with E-state index in [-0.39, 0.29) is 31.8 Å². The van der Waals surface area contributed by atoms with Crippen LogP contribution in [0.25, 0.3) is 11.3 Å². The Balaban J connectivity index is 1.51. The molecule has 0 bridgehead atoms. The van der Waals surface area contributed by atoms with Crippen molar-refractivity contribution in [3.8, 4) is 11.3 Å². The van der Waals surface area contributed by atoms with E-state index >= 15 is 0 Å². The molecule has 0 saturated carbocycles. The number of rotatable bonds is 18. The first kappa shape index (κ1) is 48.4. The zero-order valence-corrected chi connectivity index (χ0v) is 38.0. The van der Waals surface area contributed by atoms with Crippen molar-refractivity contribution in [1.29, 1.82) is 0 Å². The normalized spacial score (nSPS) is 15.8. The Hall–Kier alpha value is -5.60. The Morgan fingerprint density at radius 1 is 0.746 bits per heavy atom. The van der Waals surface area contributed by atoms with E-state index < -0.39 is 66.8 Å². The number of carbonyl (C=O) groups is 4. The van der Waals surface area contributed by atoms with Gasteiger partial charge in [-0.3, -0.25) is 19.1 Å². The second-order valence-corrected chi connectivity index (χ2v) is 19.3. The molecule has 1 saturated heterocycles. The number of hydrogen-bond donors (Lipinski definition) is 5. The second-order valence-electron chi connectivity index (χ2n) is 18.1. The maximum atomic E-state index is 14.8. The number of alkyl carbamates (subject to hydrolysis) is 1. The zero-order chi connectivity index (χ0) is 46.0. The van der Waals surface area contributed by atoms with Gasteiger partial charge in [0.05, 0.1) is 24.9 Å². The van der Waals surface area contributed by atoms with Crippen LogP contribution < -0.4 is 16.0 Å². The first-order valence-corrected chi connectivity index (χ1v) is 22.6. The van der Waals surface area contributed by atoms with Gasteiger partial charge in [-0.25, -0.2) is 14.2 Å². The molecule has 5 amide bonds. The van der Waals surface area contributed by atoms with E-state index in [0.29, 0.717) is 13.1 Å². The molecule has 1 aliphatic rings. The third-order valence-corrected chi connectivity index (χ3v) is 11.5. The standard InChI is InChI=1S/C47H61N6O9P/c1-46(2,3)40(51-44(56)61-7)42(54)49-36(28-33-21-23-35(24-22-33)37-20-14-15-25-48-37)30-39(62-63(58,59)60)38(29-32-16-10-8-11-17-32)50-43(55)41(47(4,5)6)53-27-26-52(45(53)57)31-34-18-12-9-13-19-34/h8-25,36,38-41H,26-31H2,1-7H3,(H,49,54)(H,50,55)(H,51,56)(H2,58,59,60)/t36-,38-,39-,40+,41+/m0/s1. The van der Waals surface area contributed by atoms with E-state index in [0.717, 1.165) is 27.9 Å². The highest BCUT2D eigenvalue weighted by Crippen LogP contribution is 2.40. The van der Waals surface area contributed by atoms with Gasteiger partial charge < -0.3 is 40.3 Å². The lowest BCUT2D eigenvalue weighted by Gasteiger charge is -2.39. The number of pyridine rings is 1. The Bertz CT molecular complexity index is 2180. The number of methoxy groups -OCH3 is 1. The monoisotopic (exact) mass is 884 g/mol. The van der Waals surface area contributed by atoms with E-state index in [1.54, 1.807) is 36.8 Å². The fraction of sp³-hybridized carbons (Fsp3) is 0.426. The molecule has 63 heavy (non-hydrogen) atoms. The number of carbonyl (C=O) groups excluding carboxylic acids is 4. The molecule has 0 unspecified atom stereocenters. The van der Waals surface area contributed by atoms with Crippen LogP contribution in [0, 0.1) is 10.8 Å². The highest BCUT2D eigenvalue weighted by molar-refractivity contribution is 7.46. The molecular formula is C47H61N6O9P. The first-order chi connectivity index (χ1) is 29.7. The van der Waals surface area contributed by atoms with Crippen molar-refractivity contribution >= 4 is 31.8 Å². The number of nitrogens with zero attached hydrogens (tertiary/aromatic N) is 3. The Morgan fingerprint density at radius 3 is 1.90 bits per heavy atom. The number of amides is 5. The minimum absolute atomic E-state index is 0.0795. The molecule has 338 valence electrons. The second kappa shape index (κ2) is 21.2. The van der Waals surface area contributed by atoms with Gasteiger partial charge in [0.1, 0.15) is 12.1 Å². The molecule has 4 aromatic rings. The van der Waals surface area contributed by atoms with Gasteiger partial charge in [0.2, 0.25) is 11.8 Å². The van der Waals surface area contributed by atoms with E-state index in [1.807, 2.05) is 124 Å². The Kier molecular flexibility index (Phi) is 16.3. The number of aromatic nitrogens is 1. The molecule has 5 N–H and O–H groups in total. The van der Waals surface area contributed by atoms with Gasteiger partial charge in [0.15, 0.2) is 0 Å². The molecule has 0 spiro atoms. The molecule has 5 atom stereocenters. The van der Waals surface area contributed by atoms with E-state index in [4.69, 9.17) is 9.26 Å². The first-order valence-electron chi connectivity index (χ1n) is 21.0. The van der Waals surface area contributed by atoms with Gasteiger partial charge >= 0.3 is 19.9 Å². The lowest BCUT2D eigenvalue weighted by atomic mass is 9.84. The fourth-order valence-electron chi connectivity index (χ4n) is 7.90. The van der Waals surface area contributed by atoms with Crippen molar-refractivity contribution in [2.24, 2.45) is 10.8 Å². The quantitative estimate of drug-likeness (QED) is 0.0688. The van der Waals surface area contributed by atoms with Crippen LogP contribution in [-0.4, -0.2) is 99.0 Å². The van der Waals surface area contributed by atoms with Gasteiger partial charge in [-0.2, -0.15) is 0 Å². The number of ether oxygens (including phenoxy) is 1. The van der Waals surface area contributed by atoms with E-state index in [1.165, 1.54) is 7.11 Å². The molecular weight excluding hydrogens is 824 g/mol. The molecule has 5 rings (SSSR count). The Labute approximate surface area is 370 Å². The molecule has 0 radical (unpaired) electrons. The summed E-state index contributed by atoms with van der Waals surface area (Å²) in [4.78, 5) is 84.0. The number of phosphoric ester groups is 1. The summed E-state index contributed by atoms with van der Waals surface area (Å²) in [7, 11) is -4.06. The van der Waals surface area contributed by atoms with Gasteiger partial charge in [-0.15, -0.1) is 0 Å². The molecule has 1 fully saturated rings. The summed E-state index contributed by atoms with van der Waals surface area (Å²) >= 11 is 0. The third-order valence-electron chi connectivity index (χ3n) is 10.9. The van der Waals surface area contributed by atoms with Gasteiger partial charge in [0, 0.05) is 37.4 Å². The maximum absolute atomic E-state index is 14.8. The van der Waals surface area contributed by atoms with Crippen LogP contribution in [0.15, 0.2) is 109 Å². The van der Waals surface area contributed by atoms with Crippen molar-refractivity contribution in [3.63, 3.8) is 0 Å². The van der Waals surface area contributed by atoms with Gasteiger partial charge in [-0.05, 0) is 58.9 Å². The van der Waals surface area contributed by atoms with Crippen LogP contribution in [0.3, 0.4) is 0 Å². The average Bonchev–Trinajstić information content (AvgIpc) is 3.56. The summed E-state index contributed by atoms with van der Waals surface area (Å²) in [6.45, 7) is 12.0. The average molecular weight is 885 g/mol. The van der Waals surface area contributed by atoms with Gasteiger partial charge in [0.25, 0.3) is 0 Å². The molecule has 16 heteroatoms. The highest BCUT2D eigenvalue weighted by atomic mass is 31.2. The summed E-state index contributed by atoms with van der Waals surface area (Å²) in [5, 5.41) is 8.72. The van der Waals surface area contributed by atoms with Crippen LogP contribution in [0.2, 0.25) is 0 Å². The van der Waals surface area contributed by atoms with Crippen molar-refractivity contribution in [2.45, 2.75) is 97.6 Å². The number of nitrogens with one attached hydrogen (secondary N) is 3. The summed E-state index contributed by atoms with van der Waals surface area (Å²) < 4.78 is 23.3. The maximum Gasteiger partial charge on any atom is 0.469 e. The molecule has 15 nitrogen and oxygen atoms in total. The van der Waals surface area contributed by atoms with Crippen LogP contribution in [0.5, 0.6) is 0 Å². The third kappa shape index (κ3) is 14.2. The van der Waals surface area contributed by atoms with Crippen LogP contribution >= 0.6 is 7.82 Å². The van der Waals surface area contributed by atoms with E-state index in [9.17, 15) is 33.5 Å². The summed E-state index contributed by atoms with van der Waals surface area (Å²) in [5.41, 5.74) is 2.52. The lowest BCUT2D eigenvalue weighted by Crippen LogP contribution is -2.59. The van der Waals surface area contributed by atoms with Crippen LogP contribution in [0.4, 0.5) is 9.59 Å². The Morgan fingerprint density at radius 2 is 1.35 bits per heavy atom. The number of hydrogen-bond acceptors (Lipinski definition) is 8. The smallest absolute Gasteiger partial charge is 0.453 e.